The maximum atomic E-state index is 11.0. The van der Waals surface area contributed by atoms with Gasteiger partial charge >= 0.3 is 0 Å². The Hall–Kier alpha value is -3.69. The van der Waals surface area contributed by atoms with Gasteiger partial charge in [-0.1, -0.05) is 36.0 Å². The number of pyridine rings is 1. The van der Waals surface area contributed by atoms with Gasteiger partial charge in [-0.2, -0.15) is 0 Å². The van der Waals surface area contributed by atoms with Gasteiger partial charge in [-0.25, -0.2) is 20.0 Å². The summed E-state index contributed by atoms with van der Waals surface area (Å²) in [5, 5.41) is 3.85. The fourth-order valence-electron chi connectivity index (χ4n) is 3.11. The lowest BCUT2D eigenvalue weighted by Crippen LogP contribution is -2.11. The zero-order chi connectivity index (χ0) is 24.2. The lowest BCUT2D eigenvalue weighted by atomic mass is 10.0. The molecule has 3 N–H and O–H groups in total. The first kappa shape index (κ1) is 24.9. The Balaban J connectivity index is 1.61. The average Bonchev–Trinajstić information content (AvgIpc) is 2.86. The van der Waals surface area contributed by atoms with Crippen molar-refractivity contribution in [1.29, 1.82) is 0 Å². The molecule has 0 aliphatic rings. The van der Waals surface area contributed by atoms with E-state index in [-0.39, 0.29) is 0 Å². The lowest BCUT2D eigenvalue weighted by Gasteiger charge is -2.08. The van der Waals surface area contributed by atoms with Crippen LogP contribution in [0.25, 0.3) is 11.1 Å². The summed E-state index contributed by atoms with van der Waals surface area (Å²) in [5.74, 6) is 0.414. The number of aromatic nitrogens is 3. The van der Waals surface area contributed by atoms with Gasteiger partial charge in [0.15, 0.2) is 5.16 Å². The number of aliphatic imine (C=N–C) groups is 2. The minimum Gasteiger partial charge on any atom is -0.366 e. The molecule has 0 radical (unpaired) electrons. The molecule has 0 aliphatic carbocycles. The van der Waals surface area contributed by atoms with Crippen LogP contribution >= 0.6 is 11.8 Å². The second-order valence-electron chi connectivity index (χ2n) is 7.24. The van der Waals surface area contributed by atoms with Crippen molar-refractivity contribution in [2.24, 2.45) is 15.7 Å². The molecule has 0 fully saturated rings. The van der Waals surface area contributed by atoms with Crippen molar-refractivity contribution in [2.75, 3.05) is 12.8 Å². The molecule has 0 saturated carbocycles. The number of nitrogens with zero attached hydrogens (tertiary/aromatic N) is 5. The van der Waals surface area contributed by atoms with Crippen LogP contribution in [0, 0.1) is 6.92 Å². The SMILES string of the molecule is CSc1ncc(/C=N/C=N\C(=C/C=O)NCc2ccc(-c3ccnc(C)c3)cc2)c(CCN)n1. The highest BCUT2D eigenvalue weighted by Gasteiger charge is 2.04. The molecule has 0 aliphatic heterocycles. The molecule has 2 heterocycles. The third-order valence-corrected chi connectivity index (χ3v) is 5.36. The monoisotopic (exact) mass is 473 g/mol. The second kappa shape index (κ2) is 13.1. The first-order valence-electron chi connectivity index (χ1n) is 10.7. The quantitative estimate of drug-likeness (QED) is 0.109. The number of hydrogen-bond donors (Lipinski definition) is 2. The number of allylic oxidation sites excluding steroid dienone is 1. The number of benzene rings is 1. The molecular formula is C25H27N7OS. The predicted octanol–water partition coefficient (Wildman–Crippen LogP) is 3.35. The molecule has 8 nitrogen and oxygen atoms in total. The van der Waals surface area contributed by atoms with Crippen molar-refractivity contribution in [3.05, 3.63) is 83.2 Å². The highest BCUT2D eigenvalue weighted by atomic mass is 32.2. The molecular weight excluding hydrogens is 446 g/mol. The van der Waals surface area contributed by atoms with Crippen molar-refractivity contribution in [2.45, 2.75) is 25.0 Å². The summed E-state index contributed by atoms with van der Waals surface area (Å²) >= 11 is 1.47. The summed E-state index contributed by atoms with van der Waals surface area (Å²) in [6.07, 6.45) is 11.1. The fraction of sp³-hybridized carbons (Fsp3) is 0.200. The van der Waals surface area contributed by atoms with E-state index >= 15 is 0 Å². The minimum absolute atomic E-state index is 0.414. The zero-order valence-corrected chi connectivity index (χ0v) is 20.0. The van der Waals surface area contributed by atoms with E-state index in [0.717, 1.165) is 33.6 Å². The van der Waals surface area contributed by atoms with E-state index < -0.39 is 0 Å². The number of carbonyl (C=O) groups is 1. The summed E-state index contributed by atoms with van der Waals surface area (Å²) in [6, 6.07) is 12.2. The standard InChI is InChI=1S/C25H27N7OS/c1-18-13-21(8-11-28-18)20-5-3-19(4-6-20)14-29-24(9-12-33)31-17-27-15-22-16-30-25(34-2)32-23(22)7-10-26/h3-6,8-9,11-13,15-17,29H,7,10,14,26H2,1-2H3/b24-9-,27-15+,31-17-. The van der Waals surface area contributed by atoms with E-state index in [4.69, 9.17) is 5.73 Å². The summed E-state index contributed by atoms with van der Waals surface area (Å²) in [4.78, 5) is 32.5. The lowest BCUT2D eigenvalue weighted by molar-refractivity contribution is -0.104. The van der Waals surface area contributed by atoms with E-state index in [9.17, 15) is 4.79 Å². The van der Waals surface area contributed by atoms with Crippen LogP contribution in [0.4, 0.5) is 0 Å². The molecule has 0 amide bonds. The van der Waals surface area contributed by atoms with Crippen LogP contribution in [0.5, 0.6) is 0 Å². The number of aldehydes is 1. The van der Waals surface area contributed by atoms with Gasteiger partial charge in [0.05, 0.1) is 5.69 Å². The Kier molecular flexibility index (Phi) is 9.63. The maximum Gasteiger partial charge on any atom is 0.187 e. The predicted molar refractivity (Wildman–Crippen MR) is 138 cm³/mol. The van der Waals surface area contributed by atoms with E-state index in [2.05, 4.69) is 48.5 Å². The van der Waals surface area contributed by atoms with Crippen LogP contribution in [0.15, 0.2) is 75.8 Å². The zero-order valence-electron chi connectivity index (χ0n) is 19.2. The molecule has 3 rings (SSSR count). The summed E-state index contributed by atoms with van der Waals surface area (Å²) in [6.45, 7) is 2.97. The molecule has 1 aromatic carbocycles. The number of rotatable bonds is 11. The molecule has 34 heavy (non-hydrogen) atoms. The molecule has 0 unspecified atom stereocenters. The number of nitrogens with two attached hydrogens (primary N) is 1. The van der Waals surface area contributed by atoms with Crippen LogP contribution in [-0.4, -0.2) is 46.6 Å². The summed E-state index contributed by atoms with van der Waals surface area (Å²) in [7, 11) is 0. The Bertz CT molecular complexity index is 1190. The van der Waals surface area contributed by atoms with Gasteiger partial charge in [-0.3, -0.25) is 9.78 Å². The molecule has 0 spiro atoms. The molecule has 9 heteroatoms. The second-order valence-corrected chi connectivity index (χ2v) is 8.02. The van der Waals surface area contributed by atoms with Gasteiger partial charge in [0.25, 0.3) is 0 Å². The number of carbonyl (C=O) groups excluding carboxylic acids is 1. The Morgan fingerprint density at radius 1 is 1.18 bits per heavy atom. The van der Waals surface area contributed by atoms with Crippen LogP contribution in [0.3, 0.4) is 0 Å². The Morgan fingerprint density at radius 2 is 2.00 bits per heavy atom. The van der Waals surface area contributed by atoms with E-state index in [1.165, 1.54) is 24.2 Å². The van der Waals surface area contributed by atoms with Crippen LogP contribution < -0.4 is 11.1 Å². The van der Waals surface area contributed by atoms with Crippen LogP contribution in [0.2, 0.25) is 0 Å². The number of thioether (sulfide) groups is 1. The summed E-state index contributed by atoms with van der Waals surface area (Å²) in [5.41, 5.74) is 11.6. The average molecular weight is 474 g/mol. The van der Waals surface area contributed by atoms with Gasteiger partial charge in [-0.15, -0.1) is 0 Å². The maximum absolute atomic E-state index is 11.0. The normalized spacial score (nSPS) is 11.9. The van der Waals surface area contributed by atoms with Crippen molar-refractivity contribution < 1.29 is 4.79 Å². The molecule has 3 aromatic rings. The van der Waals surface area contributed by atoms with Crippen molar-refractivity contribution in [3.63, 3.8) is 0 Å². The van der Waals surface area contributed by atoms with E-state index in [1.807, 2.05) is 37.6 Å². The van der Waals surface area contributed by atoms with Crippen molar-refractivity contribution in [1.82, 2.24) is 20.3 Å². The van der Waals surface area contributed by atoms with E-state index in [1.54, 1.807) is 12.4 Å². The van der Waals surface area contributed by atoms with Crippen molar-refractivity contribution >= 4 is 30.6 Å². The summed E-state index contributed by atoms with van der Waals surface area (Å²) < 4.78 is 0. The van der Waals surface area contributed by atoms with Crippen LogP contribution in [0.1, 0.15) is 22.5 Å². The minimum atomic E-state index is 0.414. The molecule has 2 aromatic heterocycles. The van der Waals surface area contributed by atoms with Gasteiger partial charge in [0, 0.05) is 48.9 Å². The Labute approximate surface area is 203 Å². The number of hydrogen-bond acceptors (Lipinski definition) is 8. The topological polar surface area (TPSA) is 119 Å². The largest absolute Gasteiger partial charge is 0.366 e. The highest BCUT2D eigenvalue weighted by molar-refractivity contribution is 7.98. The molecule has 174 valence electrons. The van der Waals surface area contributed by atoms with Gasteiger partial charge < -0.3 is 11.1 Å². The van der Waals surface area contributed by atoms with Gasteiger partial charge in [-0.05, 0) is 48.5 Å². The van der Waals surface area contributed by atoms with Gasteiger partial charge in [0.2, 0.25) is 0 Å². The number of nitrogens with one attached hydrogen (secondary N) is 1. The fourth-order valence-corrected chi connectivity index (χ4v) is 3.46. The molecule has 0 bridgehead atoms. The molecule has 0 saturated heterocycles. The highest BCUT2D eigenvalue weighted by Crippen LogP contribution is 2.20. The van der Waals surface area contributed by atoms with Crippen molar-refractivity contribution in [3.8, 4) is 11.1 Å². The molecule has 0 atom stereocenters. The third kappa shape index (κ3) is 7.43. The smallest absolute Gasteiger partial charge is 0.187 e. The first-order valence-corrected chi connectivity index (χ1v) is 11.9. The Morgan fingerprint density at radius 3 is 2.71 bits per heavy atom. The van der Waals surface area contributed by atoms with Crippen LogP contribution in [-0.2, 0) is 17.8 Å². The third-order valence-electron chi connectivity index (χ3n) is 4.80. The number of aryl methyl sites for hydroxylation is 1. The van der Waals surface area contributed by atoms with Gasteiger partial charge in [0.1, 0.15) is 18.4 Å². The first-order chi connectivity index (χ1) is 16.6. The van der Waals surface area contributed by atoms with E-state index in [0.29, 0.717) is 36.8 Å².